The Balaban J connectivity index is 2.72. The molecule has 1 rings (SSSR count). The van der Waals surface area contributed by atoms with E-state index in [0.717, 1.165) is 5.01 Å². The monoisotopic (exact) mass is 252 g/mol. The summed E-state index contributed by atoms with van der Waals surface area (Å²) in [6, 6.07) is 6.03. The van der Waals surface area contributed by atoms with Gasteiger partial charge in [0.05, 0.1) is 6.21 Å². The standard InChI is InChI=1S/C11H12N2O5/c14-9-3-1-8(2-4-9)5-12-13(6-10(15)16)7-11(17)18/h1-5,14H,6-7H2,(H,15,16)(H,17,18)/b12-5-. The Morgan fingerprint density at radius 1 is 1.11 bits per heavy atom. The van der Waals surface area contributed by atoms with E-state index >= 15 is 0 Å². The number of benzene rings is 1. The lowest BCUT2D eigenvalue weighted by atomic mass is 10.2. The molecule has 0 saturated carbocycles. The summed E-state index contributed by atoms with van der Waals surface area (Å²) >= 11 is 0. The van der Waals surface area contributed by atoms with Gasteiger partial charge in [-0.2, -0.15) is 5.10 Å². The fraction of sp³-hybridized carbons (Fsp3) is 0.182. The molecule has 1 aromatic rings. The molecule has 0 aliphatic rings. The van der Waals surface area contributed by atoms with E-state index in [-0.39, 0.29) is 5.75 Å². The van der Waals surface area contributed by atoms with Gasteiger partial charge in [0.25, 0.3) is 0 Å². The van der Waals surface area contributed by atoms with Crippen molar-refractivity contribution in [3.8, 4) is 5.75 Å². The zero-order valence-corrected chi connectivity index (χ0v) is 9.35. The van der Waals surface area contributed by atoms with Gasteiger partial charge in [0.1, 0.15) is 18.8 Å². The van der Waals surface area contributed by atoms with Gasteiger partial charge in [0.2, 0.25) is 0 Å². The number of phenols is 1. The van der Waals surface area contributed by atoms with Gasteiger partial charge in [0.15, 0.2) is 0 Å². The van der Waals surface area contributed by atoms with E-state index in [1.54, 1.807) is 12.1 Å². The van der Waals surface area contributed by atoms with Crippen LogP contribution in [0.5, 0.6) is 5.75 Å². The van der Waals surface area contributed by atoms with Gasteiger partial charge in [-0.3, -0.25) is 14.6 Å². The SMILES string of the molecule is O=C(O)CN(CC(=O)O)/N=C\c1ccc(O)cc1. The summed E-state index contributed by atoms with van der Waals surface area (Å²) in [5, 5.41) is 30.9. The lowest BCUT2D eigenvalue weighted by Gasteiger charge is -2.13. The molecule has 0 unspecified atom stereocenters. The summed E-state index contributed by atoms with van der Waals surface area (Å²) in [7, 11) is 0. The smallest absolute Gasteiger partial charge is 0.324 e. The highest BCUT2D eigenvalue weighted by atomic mass is 16.4. The third-order valence-corrected chi connectivity index (χ3v) is 1.90. The van der Waals surface area contributed by atoms with Crippen LogP contribution in [0.3, 0.4) is 0 Å². The van der Waals surface area contributed by atoms with Crippen molar-refractivity contribution < 1.29 is 24.9 Å². The zero-order valence-electron chi connectivity index (χ0n) is 9.35. The molecule has 0 amide bonds. The van der Waals surface area contributed by atoms with Crippen LogP contribution >= 0.6 is 0 Å². The van der Waals surface area contributed by atoms with Crippen molar-refractivity contribution in [1.82, 2.24) is 5.01 Å². The van der Waals surface area contributed by atoms with Gasteiger partial charge in [0, 0.05) is 0 Å². The predicted octanol–water partition coefficient (Wildman–Crippen LogP) is 0.197. The number of hydrogen-bond acceptors (Lipinski definition) is 5. The Bertz CT molecular complexity index is 439. The normalized spacial score (nSPS) is 10.4. The van der Waals surface area contributed by atoms with Crippen molar-refractivity contribution in [2.45, 2.75) is 0 Å². The van der Waals surface area contributed by atoms with Crippen LogP contribution in [-0.2, 0) is 9.59 Å². The topological polar surface area (TPSA) is 110 Å². The van der Waals surface area contributed by atoms with E-state index < -0.39 is 25.0 Å². The second kappa shape index (κ2) is 6.24. The summed E-state index contributed by atoms with van der Waals surface area (Å²) in [5.41, 5.74) is 0.619. The number of rotatable bonds is 6. The van der Waals surface area contributed by atoms with Crippen LogP contribution in [0.2, 0.25) is 0 Å². The molecular weight excluding hydrogens is 240 g/mol. The van der Waals surface area contributed by atoms with E-state index in [2.05, 4.69) is 5.10 Å². The summed E-state index contributed by atoms with van der Waals surface area (Å²) in [4.78, 5) is 21.0. The van der Waals surface area contributed by atoms with E-state index in [1.807, 2.05) is 0 Å². The van der Waals surface area contributed by atoms with Crippen molar-refractivity contribution in [2.75, 3.05) is 13.1 Å². The molecule has 0 bridgehead atoms. The third kappa shape index (κ3) is 4.97. The first-order chi connectivity index (χ1) is 8.47. The van der Waals surface area contributed by atoms with Gasteiger partial charge in [-0.05, 0) is 29.8 Å². The summed E-state index contributed by atoms with van der Waals surface area (Å²) < 4.78 is 0. The molecule has 0 radical (unpaired) electrons. The molecule has 0 aliphatic carbocycles. The number of aliphatic carboxylic acids is 2. The van der Waals surface area contributed by atoms with Crippen molar-refractivity contribution in [3.05, 3.63) is 29.8 Å². The number of carboxylic acid groups (broad SMARTS) is 2. The highest BCUT2D eigenvalue weighted by Gasteiger charge is 2.10. The van der Waals surface area contributed by atoms with Gasteiger partial charge in [-0.1, -0.05) is 0 Å². The van der Waals surface area contributed by atoms with E-state index in [1.165, 1.54) is 18.3 Å². The van der Waals surface area contributed by atoms with Gasteiger partial charge >= 0.3 is 11.9 Å². The quantitative estimate of drug-likeness (QED) is 0.492. The van der Waals surface area contributed by atoms with Crippen LogP contribution in [0.25, 0.3) is 0 Å². The average Bonchev–Trinajstić information content (AvgIpc) is 2.26. The molecular formula is C11H12N2O5. The average molecular weight is 252 g/mol. The van der Waals surface area contributed by atoms with E-state index in [4.69, 9.17) is 15.3 Å². The first-order valence-corrected chi connectivity index (χ1v) is 4.99. The van der Waals surface area contributed by atoms with E-state index in [0.29, 0.717) is 5.56 Å². The number of aromatic hydroxyl groups is 1. The van der Waals surface area contributed by atoms with Crippen LogP contribution in [-0.4, -0.2) is 51.6 Å². The van der Waals surface area contributed by atoms with Crippen molar-refractivity contribution >= 4 is 18.2 Å². The molecule has 0 atom stereocenters. The second-order valence-electron chi connectivity index (χ2n) is 3.45. The summed E-state index contributed by atoms with van der Waals surface area (Å²) in [6.07, 6.45) is 1.32. The number of nitrogens with zero attached hydrogens (tertiary/aromatic N) is 2. The van der Waals surface area contributed by atoms with Gasteiger partial charge in [-0.25, -0.2) is 0 Å². The molecule has 7 nitrogen and oxygen atoms in total. The molecule has 3 N–H and O–H groups in total. The maximum Gasteiger partial charge on any atom is 0.324 e. The first-order valence-electron chi connectivity index (χ1n) is 4.99. The predicted molar refractivity (Wildman–Crippen MR) is 62.5 cm³/mol. The molecule has 0 aliphatic heterocycles. The zero-order chi connectivity index (χ0) is 13.5. The van der Waals surface area contributed by atoms with Crippen LogP contribution in [0, 0.1) is 0 Å². The molecule has 18 heavy (non-hydrogen) atoms. The minimum atomic E-state index is -1.17. The number of phenolic OH excluding ortho intramolecular Hbond substituents is 1. The summed E-state index contributed by atoms with van der Waals surface area (Å²) in [6.45, 7) is -0.998. The molecule has 1 aromatic carbocycles. The van der Waals surface area contributed by atoms with E-state index in [9.17, 15) is 9.59 Å². The lowest BCUT2D eigenvalue weighted by molar-refractivity contribution is -0.141. The molecule has 96 valence electrons. The molecule has 0 heterocycles. The van der Waals surface area contributed by atoms with Crippen molar-refractivity contribution in [1.29, 1.82) is 0 Å². The summed E-state index contributed by atoms with van der Waals surface area (Å²) in [5.74, 6) is -2.24. The second-order valence-corrected chi connectivity index (χ2v) is 3.45. The van der Waals surface area contributed by atoms with Crippen LogP contribution in [0.1, 0.15) is 5.56 Å². The fourth-order valence-corrected chi connectivity index (χ4v) is 1.16. The first kappa shape index (κ1) is 13.5. The third-order valence-electron chi connectivity index (χ3n) is 1.90. The number of hydrazone groups is 1. The number of carboxylic acids is 2. The molecule has 0 aromatic heterocycles. The Hall–Kier alpha value is -2.57. The molecule has 7 heteroatoms. The highest BCUT2D eigenvalue weighted by Crippen LogP contribution is 2.08. The highest BCUT2D eigenvalue weighted by molar-refractivity contribution is 5.80. The number of hydrogen-bond donors (Lipinski definition) is 3. The number of carbonyl (C=O) groups is 2. The Kier molecular flexibility index (Phi) is 4.67. The Morgan fingerprint density at radius 3 is 2.06 bits per heavy atom. The van der Waals surface area contributed by atoms with Crippen LogP contribution < -0.4 is 0 Å². The minimum Gasteiger partial charge on any atom is -0.508 e. The van der Waals surface area contributed by atoms with Gasteiger partial charge < -0.3 is 15.3 Å². The molecule has 0 fully saturated rings. The Labute approximate surface area is 103 Å². The Morgan fingerprint density at radius 2 is 1.61 bits per heavy atom. The largest absolute Gasteiger partial charge is 0.508 e. The minimum absolute atomic E-state index is 0.0973. The van der Waals surface area contributed by atoms with Gasteiger partial charge in [-0.15, -0.1) is 0 Å². The van der Waals surface area contributed by atoms with Crippen LogP contribution in [0.4, 0.5) is 0 Å². The maximum atomic E-state index is 10.5. The fourth-order valence-electron chi connectivity index (χ4n) is 1.16. The molecule has 0 spiro atoms. The van der Waals surface area contributed by atoms with Crippen molar-refractivity contribution in [3.63, 3.8) is 0 Å². The maximum absolute atomic E-state index is 10.5. The lowest BCUT2D eigenvalue weighted by Crippen LogP contribution is -2.30. The molecule has 0 saturated heterocycles. The van der Waals surface area contributed by atoms with Crippen LogP contribution in [0.15, 0.2) is 29.4 Å². The van der Waals surface area contributed by atoms with Crippen molar-refractivity contribution in [2.24, 2.45) is 5.10 Å².